The highest BCUT2D eigenvalue weighted by Crippen LogP contribution is 2.19. The van der Waals surface area contributed by atoms with Crippen molar-refractivity contribution in [3.8, 4) is 5.75 Å². The maximum Gasteiger partial charge on any atom is 0.242 e. The average Bonchev–Trinajstić information content (AvgIpc) is 2.98. The van der Waals surface area contributed by atoms with E-state index in [2.05, 4.69) is 15.5 Å². The molecule has 8 heteroatoms. The maximum atomic E-state index is 12.0. The van der Waals surface area contributed by atoms with Crippen LogP contribution in [0, 0.1) is 0 Å². The predicted octanol–water partition coefficient (Wildman–Crippen LogP) is 2.46. The third-order valence-electron chi connectivity index (χ3n) is 3.15. The van der Waals surface area contributed by atoms with E-state index in [-0.39, 0.29) is 36.8 Å². The second-order valence-corrected chi connectivity index (χ2v) is 6.32. The van der Waals surface area contributed by atoms with Gasteiger partial charge in [-0.1, -0.05) is 6.07 Å². The first kappa shape index (κ1) is 22.3. The number of halogens is 2. The third kappa shape index (κ3) is 8.13. The zero-order chi connectivity index (χ0) is 15.1. The SMILES string of the molecule is CN(C)CCCOc1cccc(NC(=O)C2CSCN2)c1.Cl.Cl. The van der Waals surface area contributed by atoms with Crippen molar-refractivity contribution < 1.29 is 9.53 Å². The average molecular weight is 382 g/mol. The molecule has 1 aliphatic rings. The standard InChI is InChI=1S/C15H23N3O2S.2ClH/c1-18(2)7-4-8-20-13-6-3-5-12(9-13)17-15(19)14-10-21-11-16-14;;/h3,5-6,9,14,16H,4,7-8,10-11H2,1-2H3,(H,17,19);2*1H. The van der Waals surface area contributed by atoms with Gasteiger partial charge in [0.05, 0.1) is 12.6 Å². The molecule has 1 amide bonds. The number of hydrogen-bond donors (Lipinski definition) is 2. The van der Waals surface area contributed by atoms with Gasteiger partial charge in [-0.15, -0.1) is 36.6 Å². The van der Waals surface area contributed by atoms with Gasteiger partial charge in [0.2, 0.25) is 5.91 Å². The van der Waals surface area contributed by atoms with E-state index < -0.39 is 0 Å². The van der Waals surface area contributed by atoms with Crippen LogP contribution in [0.15, 0.2) is 24.3 Å². The van der Waals surface area contributed by atoms with Gasteiger partial charge in [-0.3, -0.25) is 10.1 Å². The van der Waals surface area contributed by atoms with Gasteiger partial charge in [-0.2, -0.15) is 0 Å². The Morgan fingerprint density at radius 3 is 2.87 bits per heavy atom. The summed E-state index contributed by atoms with van der Waals surface area (Å²) in [4.78, 5) is 14.2. The van der Waals surface area contributed by atoms with Crippen molar-refractivity contribution in [2.75, 3.05) is 44.2 Å². The lowest BCUT2D eigenvalue weighted by atomic mass is 10.2. The van der Waals surface area contributed by atoms with E-state index in [1.807, 2.05) is 38.4 Å². The van der Waals surface area contributed by atoms with Crippen molar-refractivity contribution in [2.24, 2.45) is 0 Å². The number of nitrogens with one attached hydrogen (secondary N) is 2. The number of nitrogens with zero attached hydrogens (tertiary/aromatic N) is 1. The van der Waals surface area contributed by atoms with Crippen molar-refractivity contribution in [2.45, 2.75) is 12.5 Å². The lowest BCUT2D eigenvalue weighted by Gasteiger charge is -2.13. The van der Waals surface area contributed by atoms with Crippen LogP contribution in [-0.4, -0.2) is 55.7 Å². The van der Waals surface area contributed by atoms with Crippen LogP contribution in [0.2, 0.25) is 0 Å². The molecule has 0 aliphatic carbocycles. The highest BCUT2D eigenvalue weighted by atomic mass is 35.5. The number of hydrogen-bond acceptors (Lipinski definition) is 5. The monoisotopic (exact) mass is 381 g/mol. The Morgan fingerprint density at radius 2 is 2.22 bits per heavy atom. The van der Waals surface area contributed by atoms with Gasteiger partial charge >= 0.3 is 0 Å². The largest absolute Gasteiger partial charge is 0.493 e. The van der Waals surface area contributed by atoms with E-state index in [4.69, 9.17) is 4.74 Å². The Hall–Kier alpha value is -0.660. The van der Waals surface area contributed by atoms with E-state index >= 15 is 0 Å². The second kappa shape index (κ2) is 11.8. The van der Waals surface area contributed by atoms with Gasteiger partial charge in [0.25, 0.3) is 0 Å². The summed E-state index contributed by atoms with van der Waals surface area (Å²) >= 11 is 1.74. The number of anilines is 1. The lowest BCUT2D eigenvalue weighted by Crippen LogP contribution is -2.37. The third-order valence-corrected chi connectivity index (χ3v) is 4.09. The van der Waals surface area contributed by atoms with E-state index in [1.165, 1.54) is 0 Å². The van der Waals surface area contributed by atoms with Crippen LogP contribution in [0.3, 0.4) is 0 Å². The molecule has 1 heterocycles. The summed E-state index contributed by atoms with van der Waals surface area (Å²) in [5.74, 6) is 2.48. The van der Waals surface area contributed by atoms with Crippen molar-refractivity contribution in [3.05, 3.63) is 24.3 Å². The maximum absolute atomic E-state index is 12.0. The first-order chi connectivity index (χ1) is 10.1. The topological polar surface area (TPSA) is 53.6 Å². The summed E-state index contributed by atoms with van der Waals surface area (Å²) in [6.07, 6.45) is 0.979. The molecular weight excluding hydrogens is 357 g/mol. The lowest BCUT2D eigenvalue weighted by molar-refractivity contribution is -0.117. The molecule has 1 atom stereocenters. The number of benzene rings is 1. The zero-order valence-corrected chi connectivity index (χ0v) is 15.9. The Bertz CT molecular complexity index is 472. The molecule has 132 valence electrons. The zero-order valence-electron chi connectivity index (χ0n) is 13.4. The Kier molecular flexibility index (Phi) is 11.5. The first-order valence-electron chi connectivity index (χ1n) is 7.15. The summed E-state index contributed by atoms with van der Waals surface area (Å²) in [6, 6.07) is 7.46. The van der Waals surface area contributed by atoms with Gasteiger partial charge in [-0.25, -0.2) is 0 Å². The molecule has 1 aromatic carbocycles. The quantitative estimate of drug-likeness (QED) is 0.710. The molecule has 0 radical (unpaired) electrons. The molecular formula is C15H25Cl2N3O2S. The van der Waals surface area contributed by atoms with Crippen LogP contribution in [0.1, 0.15) is 6.42 Å². The van der Waals surface area contributed by atoms with Crippen LogP contribution >= 0.6 is 36.6 Å². The number of carbonyl (C=O) groups is 1. The van der Waals surface area contributed by atoms with Crippen LogP contribution in [0.4, 0.5) is 5.69 Å². The summed E-state index contributed by atoms with van der Waals surface area (Å²) in [6.45, 7) is 1.68. The van der Waals surface area contributed by atoms with E-state index in [1.54, 1.807) is 11.8 Å². The molecule has 1 aliphatic heterocycles. The minimum Gasteiger partial charge on any atom is -0.493 e. The molecule has 0 aromatic heterocycles. The number of rotatable bonds is 7. The minimum atomic E-state index is -0.0975. The molecule has 1 unspecified atom stereocenters. The highest BCUT2D eigenvalue weighted by Gasteiger charge is 2.22. The van der Waals surface area contributed by atoms with Crippen LogP contribution < -0.4 is 15.4 Å². The van der Waals surface area contributed by atoms with Gasteiger partial charge < -0.3 is 15.0 Å². The Morgan fingerprint density at radius 1 is 1.43 bits per heavy atom. The fourth-order valence-corrected chi connectivity index (χ4v) is 2.97. The summed E-state index contributed by atoms with van der Waals surface area (Å²) in [5, 5.41) is 6.09. The molecule has 2 N–H and O–H groups in total. The van der Waals surface area contributed by atoms with Crippen molar-refractivity contribution in [1.82, 2.24) is 10.2 Å². The highest BCUT2D eigenvalue weighted by molar-refractivity contribution is 7.99. The molecule has 1 fully saturated rings. The smallest absolute Gasteiger partial charge is 0.242 e. The van der Waals surface area contributed by atoms with Crippen LogP contribution in [-0.2, 0) is 4.79 Å². The van der Waals surface area contributed by atoms with Gasteiger partial charge in [0.1, 0.15) is 5.75 Å². The van der Waals surface area contributed by atoms with Crippen molar-refractivity contribution in [3.63, 3.8) is 0 Å². The fourth-order valence-electron chi connectivity index (χ4n) is 2.03. The van der Waals surface area contributed by atoms with Crippen molar-refractivity contribution in [1.29, 1.82) is 0 Å². The molecule has 1 aromatic rings. The van der Waals surface area contributed by atoms with Crippen LogP contribution in [0.25, 0.3) is 0 Å². The number of carbonyl (C=O) groups excluding carboxylic acids is 1. The normalized spacial score (nSPS) is 16.4. The molecule has 0 spiro atoms. The fraction of sp³-hybridized carbons (Fsp3) is 0.533. The summed E-state index contributed by atoms with van der Waals surface area (Å²) in [5.41, 5.74) is 0.781. The number of ether oxygens (including phenoxy) is 1. The van der Waals surface area contributed by atoms with E-state index in [0.29, 0.717) is 6.61 Å². The van der Waals surface area contributed by atoms with Gasteiger partial charge in [-0.05, 0) is 32.6 Å². The summed E-state index contributed by atoms with van der Waals surface area (Å²) < 4.78 is 5.71. The van der Waals surface area contributed by atoms with E-state index in [9.17, 15) is 4.79 Å². The molecule has 0 saturated carbocycles. The molecule has 2 rings (SSSR count). The predicted molar refractivity (Wildman–Crippen MR) is 102 cm³/mol. The number of thioether (sulfide) groups is 1. The summed E-state index contributed by atoms with van der Waals surface area (Å²) in [7, 11) is 4.09. The minimum absolute atomic E-state index is 0. The van der Waals surface area contributed by atoms with Gasteiger partial charge in [0.15, 0.2) is 0 Å². The molecule has 1 saturated heterocycles. The first-order valence-corrected chi connectivity index (χ1v) is 8.30. The van der Waals surface area contributed by atoms with Crippen molar-refractivity contribution >= 4 is 48.2 Å². The molecule has 5 nitrogen and oxygen atoms in total. The Balaban J connectivity index is 0.00000242. The van der Waals surface area contributed by atoms with Gasteiger partial charge in [0, 0.05) is 29.9 Å². The molecule has 0 bridgehead atoms. The van der Waals surface area contributed by atoms with Crippen LogP contribution in [0.5, 0.6) is 5.75 Å². The number of amides is 1. The Labute approximate surface area is 154 Å². The van der Waals surface area contributed by atoms with E-state index in [0.717, 1.165) is 36.0 Å². The second-order valence-electron chi connectivity index (χ2n) is 5.29. The molecule has 23 heavy (non-hydrogen) atoms.